The summed E-state index contributed by atoms with van der Waals surface area (Å²) in [5.74, 6) is -5.27. The van der Waals surface area contributed by atoms with Gasteiger partial charge in [-0.1, -0.05) is 6.04 Å². The summed E-state index contributed by atoms with van der Waals surface area (Å²) in [6.07, 6.45) is -9.52. The molecular formula is C16H18O9. The predicted molar refractivity (Wildman–Crippen MR) is 82.5 cm³/mol. The number of carbonyl (C=O) groups excluding carboxylic acids is 1. The van der Waals surface area contributed by atoms with Crippen molar-refractivity contribution in [3.8, 4) is 11.5 Å². The molecule has 9 nitrogen and oxygen atoms in total. The Bertz CT molecular complexity index is 901. The zero-order valence-corrected chi connectivity index (χ0v) is 12.6. The lowest BCUT2D eigenvalue weighted by atomic mass is 9.79. The van der Waals surface area contributed by atoms with E-state index >= 15 is 0 Å². The minimum absolute atomic E-state index is 0.462. The Balaban J connectivity index is 2.32. The molecule has 0 aromatic heterocycles. The second-order valence-corrected chi connectivity index (χ2v) is 5.29. The Labute approximate surface area is 149 Å². The van der Waals surface area contributed by atoms with Gasteiger partial charge >= 0.3 is 11.9 Å². The minimum atomic E-state index is -3.21. The maximum absolute atomic E-state index is 12.1. The SMILES string of the molecule is [2H]c1c([2H])c(/C=C/C(=O)O[C@@H]2CC(O)(C(=O)O)CC([2H])(O)C2([2H])O)c([2H])c(O)c1O. The summed E-state index contributed by atoms with van der Waals surface area (Å²) in [6.45, 7) is 0. The Morgan fingerprint density at radius 1 is 1.28 bits per heavy atom. The number of ether oxygens (including phenoxy) is 1. The van der Waals surface area contributed by atoms with E-state index in [1.54, 1.807) is 0 Å². The number of carbonyl (C=O) groups is 2. The van der Waals surface area contributed by atoms with Gasteiger partial charge in [0.2, 0.25) is 0 Å². The molecule has 3 unspecified atom stereocenters. The highest BCUT2D eigenvalue weighted by atomic mass is 16.6. The zero-order valence-electron chi connectivity index (χ0n) is 17.6. The molecule has 1 aromatic rings. The van der Waals surface area contributed by atoms with Crippen LogP contribution in [-0.4, -0.2) is 66.4 Å². The molecule has 1 saturated carbocycles. The van der Waals surface area contributed by atoms with Crippen LogP contribution in [0, 0.1) is 0 Å². The third kappa shape index (κ3) is 4.27. The van der Waals surface area contributed by atoms with Crippen LogP contribution in [0.4, 0.5) is 0 Å². The molecule has 1 fully saturated rings. The van der Waals surface area contributed by atoms with Crippen LogP contribution in [0.1, 0.15) is 25.3 Å². The molecule has 6 N–H and O–H groups in total. The van der Waals surface area contributed by atoms with E-state index in [-0.39, 0.29) is 0 Å². The van der Waals surface area contributed by atoms with E-state index in [4.69, 9.17) is 16.7 Å². The number of phenolic OH excluding ortho intramolecular Hbond substituents is 2. The van der Waals surface area contributed by atoms with Gasteiger partial charge in [0.25, 0.3) is 0 Å². The quantitative estimate of drug-likeness (QED) is 0.233. The van der Waals surface area contributed by atoms with Crippen LogP contribution in [0.25, 0.3) is 6.08 Å². The number of phenols is 2. The molecule has 136 valence electrons. The molecule has 0 radical (unpaired) electrons. The molecule has 0 spiro atoms. The van der Waals surface area contributed by atoms with Gasteiger partial charge in [-0.15, -0.1) is 0 Å². The number of carboxylic acid groups (broad SMARTS) is 1. The van der Waals surface area contributed by atoms with Gasteiger partial charge in [-0.2, -0.15) is 0 Å². The summed E-state index contributed by atoms with van der Waals surface area (Å²) in [7, 11) is 0. The van der Waals surface area contributed by atoms with Gasteiger partial charge in [0, 0.05) is 18.9 Å². The van der Waals surface area contributed by atoms with Gasteiger partial charge in [0.15, 0.2) is 17.1 Å². The van der Waals surface area contributed by atoms with Crippen molar-refractivity contribution < 1.29 is 51.8 Å². The van der Waals surface area contributed by atoms with Crippen LogP contribution < -0.4 is 0 Å². The van der Waals surface area contributed by atoms with Gasteiger partial charge < -0.3 is 35.4 Å². The van der Waals surface area contributed by atoms with Gasteiger partial charge in [-0.05, 0) is 23.7 Å². The third-order valence-corrected chi connectivity index (χ3v) is 3.42. The molecule has 0 heterocycles. The molecule has 0 amide bonds. The number of hydrogen-bond acceptors (Lipinski definition) is 8. The van der Waals surface area contributed by atoms with Crippen molar-refractivity contribution in [2.45, 2.75) is 36.7 Å². The van der Waals surface area contributed by atoms with E-state index in [1.807, 2.05) is 0 Å². The number of hydrogen-bond donors (Lipinski definition) is 6. The Morgan fingerprint density at radius 3 is 2.60 bits per heavy atom. The topological polar surface area (TPSA) is 165 Å². The van der Waals surface area contributed by atoms with Gasteiger partial charge in [-0.25, -0.2) is 9.59 Å². The summed E-state index contributed by atoms with van der Waals surface area (Å²) in [5.41, 5.74) is -3.24. The molecule has 25 heavy (non-hydrogen) atoms. The summed E-state index contributed by atoms with van der Waals surface area (Å²) in [6, 6.07) is -2.32. The molecule has 9 heteroatoms. The number of benzene rings is 1. The van der Waals surface area contributed by atoms with E-state index < -0.39 is 83.8 Å². The summed E-state index contributed by atoms with van der Waals surface area (Å²) >= 11 is 0. The first-order valence-corrected chi connectivity index (χ1v) is 6.86. The van der Waals surface area contributed by atoms with Gasteiger partial charge in [-0.3, -0.25) is 0 Å². The summed E-state index contributed by atoms with van der Waals surface area (Å²) in [5, 5.41) is 58.2. The molecule has 1 aliphatic rings. The zero-order chi connectivity index (χ0) is 23.2. The highest BCUT2D eigenvalue weighted by Gasteiger charge is 2.50. The second kappa shape index (κ2) is 7.09. The van der Waals surface area contributed by atoms with Crippen LogP contribution >= 0.6 is 0 Å². The van der Waals surface area contributed by atoms with E-state index in [0.717, 1.165) is 6.08 Å². The molecule has 1 aliphatic carbocycles. The van der Waals surface area contributed by atoms with Crippen molar-refractivity contribution in [1.82, 2.24) is 0 Å². The number of aliphatic hydroxyl groups is 3. The van der Waals surface area contributed by atoms with Crippen molar-refractivity contribution in [2.24, 2.45) is 0 Å². The van der Waals surface area contributed by atoms with E-state index in [9.17, 15) is 35.1 Å². The maximum atomic E-state index is 12.1. The predicted octanol–water partition coefficient (Wildman–Crippen LogP) is -0.646. The lowest BCUT2D eigenvalue weighted by Gasteiger charge is -2.39. The molecule has 0 saturated heterocycles. The van der Waals surface area contributed by atoms with Gasteiger partial charge in [0.05, 0.1) is 12.9 Å². The first kappa shape index (κ1) is 12.7. The molecule has 0 bridgehead atoms. The summed E-state index contributed by atoms with van der Waals surface area (Å²) < 4.78 is 42.8. The van der Waals surface area contributed by atoms with Crippen LogP contribution in [0.2, 0.25) is 0 Å². The van der Waals surface area contributed by atoms with E-state index in [1.165, 1.54) is 0 Å². The monoisotopic (exact) mass is 359 g/mol. The fourth-order valence-electron chi connectivity index (χ4n) is 2.11. The number of carboxylic acids is 1. The largest absolute Gasteiger partial charge is 0.504 e. The first-order chi connectivity index (χ1) is 13.5. The molecule has 4 atom stereocenters. The molecule has 0 aliphatic heterocycles. The standard InChI is InChI=1S/C16H18O9/c17-9-3-1-8(5-10(9)18)2-4-13(20)25-12-7-16(24,15(22)23)6-11(19)14(12)21/h1-5,11-12,14,17-19,21,24H,6-7H2,(H,22,23)/b4-2+/t11?,12-,14?,16?/m1/s1/i1D,3D,5D,11D,14D. The van der Waals surface area contributed by atoms with Crippen LogP contribution in [0.15, 0.2) is 24.2 Å². The second-order valence-electron chi connectivity index (χ2n) is 5.29. The van der Waals surface area contributed by atoms with Crippen molar-refractivity contribution in [3.05, 3.63) is 29.8 Å². The maximum Gasteiger partial charge on any atom is 0.335 e. The lowest BCUT2D eigenvalue weighted by molar-refractivity contribution is -0.196. The van der Waals surface area contributed by atoms with E-state index in [2.05, 4.69) is 0 Å². The van der Waals surface area contributed by atoms with Crippen molar-refractivity contribution in [2.75, 3.05) is 0 Å². The fourth-order valence-corrected chi connectivity index (χ4v) is 2.11. The van der Waals surface area contributed by atoms with Crippen LogP contribution in [0.5, 0.6) is 11.5 Å². The Morgan fingerprint density at radius 2 is 1.96 bits per heavy atom. The van der Waals surface area contributed by atoms with Crippen molar-refractivity contribution in [3.63, 3.8) is 0 Å². The van der Waals surface area contributed by atoms with E-state index in [0.29, 0.717) is 6.08 Å². The number of rotatable bonds is 4. The molecule has 2 rings (SSSR count). The average molecular weight is 359 g/mol. The first-order valence-electron chi connectivity index (χ1n) is 9.36. The van der Waals surface area contributed by atoms with Gasteiger partial charge in [0.1, 0.15) is 12.2 Å². The van der Waals surface area contributed by atoms with Crippen LogP contribution in [0.3, 0.4) is 0 Å². The average Bonchev–Trinajstić information content (AvgIpc) is 2.62. The minimum Gasteiger partial charge on any atom is -0.504 e. The molecular weight excluding hydrogens is 336 g/mol. The lowest BCUT2D eigenvalue weighted by Crippen LogP contribution is -2.57. The smallest absolute Gasteiger partial charge is 0.335 e. The highest BCUT2D eigenvalue weighted by molar-refractivity contribution is 5.87. The van der Waals surface area contributed by atoms with Crippen molar-refractivity contribution >= 4 is 18.0 Å². The highest BCUT2D eigenvalue weighted by Crippen LogP contribution is 2.31. The summed E-state index contributed by atoms with van der Waals surface area (Å²) in [4.78, 5) is 23.3. The number of aliphatic carboxylic acids is 1. The third-order valence-electron chi connectivity index (χ3n) is 3.42. The Kier molecular flexibility index (Phi) is 3.60. The number of aromatic hydroxyl groups is 2. The Hall–Kier alpha value is -2.62. The molecule has 1 aromatic carbocycles. The van der Waals surface area contributed by atoms with Crippen LogP contribution in [-0.2, 0) is 14.3 Å². The fraction of sp³-hybridized carbons (Fsp3) is 0.375. The normalized spacial score (nSPS) is 38.2. The number of esters is 1. The van der Waals surface area contributed by atoms with Crippen molar-refractivity contribution in [1.29, 1.82) is 0 Å².